The topological polar surface area (TPSA) is 48.4 Å². The fourth-order valence-electron chi connectivity index (χ4n) is 1.97. The van der Waals surface area contributed by atoms with Gasteiger partial charge in [-0.1, -0.05) is 17.7 Å². The molecule has 0 unspecified atom stereocenters. The van der Waals surface area contributed by atoms with E-state index in [0.29, 0.717) is 13.2 Å². The Balaban J connectivity index is 2.06. The lowest BCUT2D eigenvalue weighted by atomic mass is 10.1. The lowest BCUT2D eigenvalue weighted by Crippen LogP contribution is -1.97. The van der Waals surface area contributed by atoms with E-state index < -0.39 is 0 Å². The van der Waals surface area contributed by atoms with Gasteiger partial charge in [-0.3, -0.25) is 0 Å². The first-order valence-electron chi connectivity index (χ1n) is 6.08. The molecule has 0 aliphatic carbocycles. The monoisotopic (exact) mass is 245 g/mol. The minimum Gasteiger partial charge on any atom is -0.485 e. The van der Waals surface area contributed by atoms with Crippen LogP contribution >= 0.6 is 0 Å². The summed E-state index contributed by atoms with van der Waals surface area (Å²) < 4.78 is 11.3. The SMILES string of the molecule is Cc1ccc(OCc2cc(CN)c(C)o2)c(C)c1. The van der Waals surface area contributed by atoms with Gasteiger partial charge < -0.3 is 14.9 Å². The second-order valence-electron chi connectivity index (χ2n) is 4.56. The number of benzene rings is 1. The molecule has 1 aromatic heterocycles. The Hall–Kier alpha value is -1.74. The predicted molar refractivity (Wildman–Crippen MR) is 71.6 cm³/mol. The summed E-state index contributed by atoms with van der Waals surface area (Å²) in [5.41, 5.74) is 9.02. The van der Waals surface area contributed by atoms with Crippen LogP contribution in [0.2, 0.25) is 0 Å². The van der Waals surface area contributed by atoms with E-state index in [1.807, 2.05) is 32.0 Å². The van der Waals surface area contributed by atoms with Gasteiger partial charge in [0.25, 0.3) is 0 Å². The zero-order valence-corrected chi connectivity index (χ0v) is 11.1. The maximum absolute atomic E-state index is 5.76. The third-order valence-corrected chi connectivity index (χ3v) is 2.99. The van der Waals surface area contributed by atoms with Crippen LogP contribution in [-0.2, 0) is 13.2 Å². The van der Waals surface area contributed by atoms with Crippen LogP contribution < -0.4 is 10.5 Å². The van der Waals surface area contributed by atoms with Crippen molar-refractivity contribution in [3.63, 3.8) is 0 Å². The third kappa shape index (κ3) is 2.74. The number of nitrogens with two attached hydrogens (primary N) is 1. The number of aryl methyl sites for hydroxylation is 3. The van der Waals surface area contributed by atoms with Crippen LogP contribution in [0.1, 0.15) is 28.2 Å². The molecule has 0 fully saturated rings. The van der Waals surface area contributed by atoms with Crippen LogP contribution in [0, 0.1) is 20.8 Å². The van der Waals surface area contributed by atoms with Crippen molar-refractivity contribution in [2.75, 3.05) is 0 Å². The van der Waals surface area contributed by atoms with Gasteiger partial charge in [0.2, 0.25) is 0 Å². The first kappa shape index (κ1) is 12.7. The molecule has 0 radical (unpaired) electrons. The largest absolute Gasteiger partial charge is 0.485 e. The molecule has 0 atom stereocenters. The van der Waals surface area contributed by atoms with Gasteiger partial charge in [-0.05, 0) is 38.5 Å². The summed E-state index contributed by atoms with van der Waals surface area (Å²) in [4.78, 5) is 0. The van der Waals surface area contributed by atoms with Crippen molar-refractivity contribution in [3.8, 4) is 5.75 Å². The average molecular weight is 245 g/mol. The molecular formula is C15H19NO2. The summed E-state index contributed by atoms with van der Waals surface area (Å²) in [5, 5.41) is 0. The Kier molecular flexibility index (Phi) is 3.72. The third-order valence-electron chi connectivity index (χ3n) is 2.99. The highest BCUT2D eigenvalue weighted by molar-refractivity contribution is 5.35. The van der Waals surface area contributed by atoms with Gasteiger partial charge in [-0.15, -0.1) is 0 Å². The van der Waals surface area contributed by atoms with Crippen LogP contribution in [0.4, 0.5) is 0 Å². The van der Waals surface area contributed by atoms with Gasteiger partial charge in [-0.2, -0.15) is 0 Å². The van der Waals surface area contributed by atoms with Crippen molar-refractivity contribution in [1.82, 2.24) is 0 Å². The molecule has 1 heterocycles. The molecule has 3 nitrogen and oxygen atoms in total. The molecule has 0 bridgehead atoms. The van der Waals surface area contributed by atoms with E-state index in [1.54, 1.807) is 0 Å². The number of ether oxygens (including phenoxy) is 1. The molecule has 0 amide bonds. The highest BCUT2D eigenvalue weighted by Crippen LogP contribution is 2.21. The Morgan fingerprint density at radius 1 is 1.17 bits per heavy atom. The summed E-state index contributed by atoms with van der Waals surface area (Å²) >= 11 is 0. The molecule has 0 spiro atoms. The Labute approximate surface area is 108 Å². The molecule has 3 heteroatoms. The van der Waals surface area contributed by atoms with E-state index in [2.05, 4.69) is 13.0 Å². The molecule has 0 aliphatic rings. The molecule has 96 valence electrons. The fourth-order valence-corrected chi connectivity index (χ4v) is 1.97. The first-order valence-corrected chi connectivity index (χ1v) is 6.08. The zero-order chi connectivity index (χ0) is 13.1. The quantitative estimate of drug-likeness (QED) is 0.899. The molecule has 0 aliphatic heterocycles. The standard InChI is InChI=1S/C15H19NO2/c1-10-4-5-15(11(2)6-10)17-9-14-7-13(8-16)12(3)18-14/h4-7H,8-9,16H2,1-3H3. The molecule has 2 N–H and O–H groups in total. The number of rotatable bonds is 4. The zero-order valence-electron chi connectivity index (χ0n) is 11.1. The van der Waals surface area contributed by atoms with Crippen LogP contribution in [0.25, 0.3) is 0 Å². The Morgan fingerprint density at radius 3 is 2.56 bits per heavy atom. The average Bonchev–Trinajstić information content (AvgIpc) is 2.69. The van der Waals surface area contributed by atoms with E-state index in [-0.39, 0.29) is 0 Å². The summed E-state index contributed by atoms with van der Waals surface area (Å²) in [6.07, 6.45) is 0. The van der Waals surface area contributed by atoms with E-state index in [1.165, 1.54) is 5.56 Å². The van der Waals surface area contributed by atoms with Crippen molar-refractivity contribution in [2.24, 2.45) is 5.73 Å². The molecule has 2 rings (SSSR count). The van der Waals surface area contributed by atoms with Gasteiger partial charge in [-0.25, -0.2) is 0 Å². The second-order valence-corrected chi connectivity index (χ2v) is 4.56. The summed E-state index contributed by atoms with van der Waals surface area (Å²) in [6.45, 7) is 6.97. The van der Waals surface area contributed by atoms with Crippen LogP contribution in [0.3, 0.4) is 0 Å². The maximum atomic E-state index is 5.76. The predicted octanol–water partition coefficient (Wildman–Crippen LogP) is 3.24. The Bertz CT molecular complexity index is 543. The van der Waals surface area contributed by atoms with Crippen molar-refractivity contribution in [1.29, 1.82) is 0 Å². The van der Waals surface area contributed by atoms with Crippen molar-refractivity contribution >= 4 is 0 Å². The lowest BCUT2D eigenvalue weighted by molar-refractivity contribution is 0.266. The smallest absolute Gasteiger partial charge is 0.146 e. The van der Waals surface area contributed by atoms with Gasteiger partial charge in [0.15, 0.2) is 0 Å². The highest BCUT2D eigenvalue weighted by Gasteiger charge is 2.07. The molecule has 1 aromatic carbocycles. The summed E-state index contributed by atoms with van der Waals surface area (Å²) in [7, 11) is 0. The normalized spacial score (nSPS) is 10.7. The minimum atomic E-state index is 0.435. The number of hydrogen-bond acceptors (Lipinski definition) is 3. The Morgan fingerprint density at radius 2 is 1.94 bits per heavy atom. The van der Waals surface area contributed by atoms with Crippen LogP contribution in [-0.4, -0.2) is 0 Å². The molecule has 0 saturated heterocycles. The van der Waals surface area contributed by atoms with Crippen molar-refractivity contribution in [2.45, 2.75) is 33.9 Å². The second kappa shape index (κ2) is 5.27. The van der Waals surface area contributed by atoms with Crippen LogP contribution in [0.15, 0.2) is 28.7 Å². The molecule has 2 aromatic rings. The lowest BCUT2D eigenvalue weighted by Gasteiger charge is -2.08. The summed E-state index contributed by atoms with van der Waals surface area (Å²) in [5.74, 6) is 2.58. The van der Waals surface area contributed by atoms with E-state index in [4.69, 9.17) is 14.9 Å². The van der Waals surface area contributed by atoms with E-state index in [0.717, 1.165) is 28.4 Å². The summed E-state index contributed by atoms with van der Waals surface area (Å²) in [6, 6.07) is 8.10. The number of furan rings is 1. The maximum Gasteiger partial charge on any atom is 0.146 e. The van der Waals surface area contributed by atoms with Gasteiger partial charge in [0, 0.05) is 12.1 Å². The minimum absolute atomic E-state index is 0.435. The molecule has 0 saturated carbocycles. The van der Waals surface area contributed by atoms with Gasteiger partial charge >= 0.3 is 0 Å². The van der Waals surface area contributed by atoms with Crippen molar-refractivity contribution < 1.29 is 9.15 Å². The first-order chi connectivity index (χ1) is 8.60. The van der Waals surface area contributed by atoms with Crippen molar-refractivity contribution in [3.05, 3.63) is 52.5 Å². The fraction of sp³-hybridized carbons (Fsp3) is 0.333. The highest BCUT2D eigenvalue weighted by atomic mass is 16.5. The van der Waals surface area contributed by atoms with E-state index in [9.17, 15) is 0 Å². The van der Waals surface area contributed by atoms with Crippen LogP contribution in [0.5, 0.6) is 5.75 Å². The number of hydrogen-bond donors (Lipinski definition) is 1. The molecular weight excluding hydrogens is 226 g/mol. The van der Waals surface area contributed by atoms with Gasteiger partial charge in [0.1, 0.15) is 23.9 Å². The van der Waals surface area contributed by atoms with E-state index >= 15 is 0 Å². The molecule has 18 heavy (non-hydrogen) atoms. The van der Waals surface area contributed by atoms with Gasteiger partial charge in [0.05, 0.1) is 0 Å².